The molecular weight excluding hydrogens is 242 g/mol. The summed E-state index contributed by atoms with van der Waals surface area (Å²) in [6, 6.07) is 14.0. The van der Waals surface area contributed by atoms with Crippen LogP contribution in [0.25, 0.3) is 0 Å². The van der Waals surface area contributed by atoms with E-state index in [1.807, 2.05) is 54.8 Å². The molecule has 0 aliphatic heterocycles. The van der Waals surface area contributed by atoms with E-state index in [-0.39, 0.29) is 11.8 Å². The highest BCUT2D eigenvalue weighted by atomic mass is 32.1. The number of carbonyl (C=O) groups is 1. The Morgan fingerprint density at radius 1 is 1.22 bits per heavy atom. The molecule has 0 saturated carbocycles. The molecule has 2 rings (SSSR count). The molecule has 3 heteroatoms. The highest BCUT2D eigenvalue weighted by molar-refractivity contribution is 7.09. The number of amides is 1. The predicted octanol–water partition coefficient (Wildman–Crippen LogP) is 3.56. The quantitative estimate of drug-likeness (QED) is 0.874. The van der Waals surface area contributed by atoms with E-state index >= 15 is 0 Å². The summed E-state index contributed by atoms with van der Waals surface area (Å²) in [4.78, 5) is 13.3. The van der Waals surface area contributed by atoms with Crippen molar-refractivity contribution in [2.24, 2.45) is 0 Å². The average molecular weight is 259 g/mol. The van der Waals surface area contributed by atoms with E-state index in [0.29, 0.717) is 6.54 Å². The Kier molecular flexibility index (Phi) is 4.53. The van der Waals surface area contributed by atoms with Crippen LogP contribution < -0.4 is 5.32 Å². The van der Waals surface area contributed by atoms with Gasteiger partial charge >= 0.3 is 0 Å². The van der Waals surface area contributed by atoms with Gasteiger partial charge in [0.1, 0.15) is 0 Å². The summed E-state index contributed by atoms with van der Waals surface area (Å²) < 4.78 is 0. The summed E-state index contributed by atoms with van der Waals surface area (Å²) in [5.74, 6) is 0.0586. The number of thiophene rings is 1. The molecule has 0 fully saturated rings. The van der Waals surface area contributed by atoms with E-state index in [4.69, 9.17) is 0 Å². The summed E-state index contributed by atoms with van der Waals surface area (Å²) >= 11 is 1.67. The molecule has 1 heterocycles. The van der Waals surface area contributed by atoms with Gasteiger partial charge in [0.15, 0.2) is 0 Å². The summed E-state index contributed by atoms with van der Waals surface area (Å²) in [6.07, 6.45) is 0.820. The lowest BCUT2D eigenvalue weighted by atomic mass is 9.96. The molecule has 0 aliphatic carbocycles. The summed E-state index contributed by atoms with van der Waals surface area (Å²) in [5, 5.41) is 5.03. The Bertz CT molecular complexity index is 478. The lowest BCUT2D eigenvalue weighted by Crippen LogP contribution is -2.28. The Labute approximate surface area is 112 Å². The largest absolute Gasteiger partial charge is 0.351 e. The molecule has 1 aromatic carbocycles. The first-order valence-corrected chi connectivity index (χ1v) is 7.04. The maximum absolute atomic E-state index is 12.2. The first-order valence-electron chi connectivity index (χ1n) is 6.16. The zero-order valence-corrected chi connectivity index (χ0v) is 11.2. The molecule has 1 atom stereocenters. The minimum atomic E-state index is -0.0498. The van der Waals surface area contributed by atoms with Crippen molar-refractivity contribution in [1.29, 1.82) is 0 Å². The third kappa shape index (κ3) is 3.20. The molecule has 1 amide bonds. The van der Waals surface area contributed by atoms with Crippen LogP contribution in [0, 0.1) is 0 Å². The van der Waals surface area contributed by atoms with Crippen LogP contribution in [0.15, 0.2) is 47.8 Å². The molecule has 0 saturated heterocycles. The fourth-order valence-corrected chi connectivity index (χ4v) is 2.61. The van der Waals surface area contributed by atoms with Gasteiger partial charge in [0.05, 0.1) is 12.5 Å². The molecule has 18 heavy (non-hydrogen) atoms. The fourth-order valence-electron chi connectivity index (χ4n) is 1.97. The molecule has 2 aromatic rings. The first kappa shape index (κ1) is 12.8. The van der Waals surface area contributed by atoms with Gasteiger partial charge in [-0.1, -0.05) is 43.3 Å². The molecule has 0 bridgehead atoms. The molecular formula is C15H17NOS. The fraction of sp³-hybridized carbons (Fsp3) is 0.267. The average Bonchev–Trinajstić information content (AvgIpc) is 2.92. The van der Waals surface area contributed by atoms with Crippen LogP contribution in [0.2, 0.25) is 0 Å². The van der Waals surface area contributed by atoms with Crippen molar-refractivity contribution >= 4 is 17.2 Å². The highest BCUT2D eigenvalue weighted by Gasteiger charge is 2.17. The van der Waals surface area contributed by atoms with Gasteiger partial charge in [0.25, 0.3) is 0 Å². The van der Waals surface area contributed by atoms with Crippen molar-refractivity contribution in [2.75, 3.05) is 0 Å². The van der Waals surface area contributed by atoms with Gasteiger partial charge < -0.3 is 5.32 Å². The number of hydrogen-bond donors (Lipinski definition) is 1. The van der Waals surface area contributed by atoms with E-state index in [1.54, 1.807) is 11.3 Å². The van der Waals surface area contributed by atoms with Crippen LogP contribution >= 0.6 is 11.3 Å². The van der Waals surface area contributed by atoms with Crippen LogP contribution in [0.4, 0.5) is 0 Å². The summed E-state index contributed by atoms with van der Waals surface area (Å²) in [5.41, 5.74) is 1.09. The zero-order chi connectivity index (χ0) is 12.8. The minimum Gasteiger partial charge on any atom is -0.351 e. The van der Waals surface area contributed by atoms with Crippen LogP contribution in [0.5, 0.6) is 0 Å². The molecule has 2 nitrogen and oxygen atoms in total. The minimum absolute atomic E-state index is 0.0498. The highest BCUT2D eigenvalue weighted by Crippen LogP contribution is 2.19. The zero-order valence-electron chi connectivity index (χ0n) is 10.4. The molecule has 1 aromatic heterocycles. The van der Waals surface area contributed by atoms with Gasteiger partial charge in [-0.25, -0.2) is 0 Å². The van der Waals surface area contributed by atoms with Gasteiger partial charge in [0, 0.05) is 4.88 Å². The normalized spacial score (nSPS) is 12.1. The lowest BCUT2D eigenvalue weighted by molar-refractivity contribution is -0.122. The monoisotopic (exact) mass is 259 g/mol. The maximum atomic E-state index is 12.2. The number of hydrogen-bond acceptors (Lipinski definition) is 2. The Hall–Kier alpha value is -1.61. The standard InChI is InChI=1S/C15H17NOS/c1-2-14(12-7-4-3-5-8-12)15(17)16-11-13-9-6-10-18-13/h3-10,14H,2,11H2,1H3,(H,16,17). The number of benzene rings is 1. The van der Waals surface area contributed by atoms with Crippen molar-refractivity contribution in [3.05, 3.63) is 58.3 Å². The first-order chi connectivity index (χ1) is 8.81. The molecule has 1 unspecified atom stereocenters. The van der Waals surface area contributed by atoms with Gasteiger partial charge in [-0.05, 0) is 23.4 Å². The van der Waals surface area contributed by atoms with E-state index in [9.17, 15) is 4.79 Å². The Morgan fingerprint density at radius 2 is 2.00 bits per heavy atom. The molecule has 0 aliphatic rings. The van der Waals surface area contributed by atoms with Crippen molar-refractivity contribution in [2.45, 2.75) is 25.8 Å². The second kappa shape index (κ2) is 6.36. The lowest BCUT2D eigenvalue weighted by Gasteiger charge is -2.14. The van der Waals surface area contributed by atoms with E-state index in [1.165, 1.54) is 4.88 Å². The van der Waals surface area contributed by atoms with E-state index < -0.39 is 0 Å². The molecule has 1 N–H and O–H groups in total. The number of carbonyl (C=O) groups excluding carboxylic acids is 1. The Balaban J connectivity index is 1.98. The van der Waals surface area contributed by atoms with E-state index in [0.717, 1.165) is 12.0 Å². The van der Waals surface area contributed by atoms with Crippen LogP contribution in [-0.2, 0) is 11.3 Å². The van der Waals surface area contributed by atoms with Crippen molar-refractivity contribution in [1.82, 2.24) is 5.32 Å². The molecule has 94 valence electrons. The van der Waals surface area contributed by atoms with Crippen LogP contribution in [-0.4, -0.2) is 5.91 Å². The van der Waals surface area contributed by atoms with Crippen molar-refractivity contribution in [3.63, 3.8) is 0 Å². The van der Waals surface area contributed by atoms with Gasteiger partial charge in [-0.2, -0.15) is 0 Å². The number of rotatable bonds is 5. The predicted molar refractivity (Wildman–Crippen MR) is 75.6 cm³/mol. The van der Waals surface area contributed by atoms with Crippen molar-refractivity contribution < 1.29 is 4.79 Å². The molecule has 0 radical (unpaired) electrons. The van der Waals surface area contributed by atoms with Crippen LogP contribution in [0.3, 0.4) is 0 Å². The van der Waals surface area contributed by atoms with Crippen molar-refractivity contribution in [3.8, 4) is 0 Å². The summed E-state index contributed by atoms with van der Waals surface area (Å²) in [6.45, 7) is 2.67. The smallest absolute Gasteiger partial charge is 0.227 e. The van der Waals surface area contributed by atoms with Gasteiger partial charge in [-0.15, -0.1) is 11.3 Å². The second-order valence-corrected chi connectivity index (χ2v) is 5.20. The summed E-state index contributed by atoms with van der Waals surface area (Å²) in [7, 11) is 0. The Morgan fingerprint density at radius 3 is 2.61 bits per heavy atom. The third-order valence-electron chi connectivity index (χ3n) is 2.94. The number of nitrogens with one attached hydrogen (secondary N) is 1. The second-order valence-electron chi connectivity index (χ2n) is 4.17. The van der Waals surface area contributed by atoms with Gasteiger partial charge in [0.2, 0.25) is 5.91 Å². The van der Waals surface area contributed by atoms with Crippen LogP contribution in [0.1, 0.15) is 29.7 Å². The molecule has 0 spiro atoms. The maximum Gasteiger partial charge on any atom is 0.227 e. The SMILES string of the molecule is CCC(C(=O)NCc1cccs1)c1ccccc1. The van der Waals surface area contributed by atoms with Gasteiger partial charge in [-0.3, -0.25) is 4.79 Å². The topological polar surface area (TPSA) is 29.1 Å². The third-order valence-corrected chi connectivity index (χ3v) is 3.82. The van der Waals surface area contributed by atoms with E-state index in [2.05, 4.69) is 5.32 Å².